The van der Waals surface area contributed by atoms with E-state index < -0.39 is 0 Å². The molecule has 1 aliphatic rings. The maximum atomic E-state index is 5.18. The molecule has 0 spiro atoms. The summed E-state index contributed by atoms with van der Waals surface area (Å²) < 4.78 is 7.35. The van der Waals surface area contributed by atoms with E-state index in [0.29, 0.717) is 12.0 Å². The number of nitrogens with one attached hydrogen (secondary N) is 1. The smallest absolute Gasteiger partial charge is 0.118 e. The van der Waals surface area contributed by atoms with Crippen molar-refractivity contribution in [2.24, 2.45) is 0 Å². The Kier molecular flexibility index (Phi) is 6.08. The van der Waals surface area contributed by atoms with Crippen LogP contribution in [0.1, 0.15) is 55.6 Å². The molecule has 4 nitrogen and oxygen atoms in total. The van der Waals surface area contributed by atoms with Crippen LogP contribution in [0.4, 0.5) is 0 Å². The number of ether oxygens (including phenoxy) is 1. The van der Waals surface area contributed by atoms with Gasteiger partial charge in [-0.15, -0.1) is 12.4 Å². The van der Waals surface area contributed by atoms with Crippen LogP contribution >= 0.6 is 12.4 Å². The third-order valence-electron chi connectivity index (χ3n) is 4.11. The molecule has 0 amide bonds. The van der Waals surface area contributed by atoms with Gasteiger partial charge < -0.3 is 10.1 Å². The van der Waals surface area contributed by atoms with Gasteiger partial charge in [0.15, 0.2) is 0 Å². The molecule has 5 heteroatoms. The summed E-state index contributed by atoms with van der Waals surface area (Å²) in [5, 5.41) is 8.30. The van der Waals surface area contributed by atoms with Crippen LogP contribution < -0.4 is 10.1 Å². The second kappa shape index (κ2) is 7.84. The lowest BCUT2D eigenvalue weighted by atomic mass is 10.2. The number of methoxy groups -OCH3 is 1. The molecule has 3 rings (SSSR count). The van der Waals surface area contributed by atoms with Crippen LogP contribution in [0.5, 0.6) is 5.75 Å². The van der Waals surface area contributed by atoms with Crippen LogP contribution in [0.3, 0.4) is 0 Å². The highest BCUT2D eigenvalue weighted by atomic mass is 35.5. The Morgan fingerprint density at radius 1 is 1.22 bits per heavy atom. The molecule has 0 radical (unpaired) electrons. The minimum Gasteiger partial charge on any atom is -0.497 e. The predicted molar refractivity (Wildman–Crippen MR) is 95.4 cm³/mol. The topological polar surface area (TPSA) is 39.1 Å². The zero-order valence-corrected chi connectivity index (χ0v) is 14.9. The van der Waals surface area contributed by atoms with Crippen molar-refractivity contribution in [2.45, 2.75) is 51.7 Å². The van der Waals surface area contributed by atoms with Gasteiger partial charge in [-0.05, 0) is 50.5 Å². The van der Waals surface area contributed by atoms with Gasteiger partial charge in [0.2, 0.25) is 0 Å². The first kappa shape index (κ1) is 17.8. The molecule has 1 heterocycles. The molecule has 0 unspecified atom stereocenters. The first-order valence-electron chi connectivity index (χ1n) is 8.09. The third-order valence-corrected chi connectivity index (χ3v) is 4.11. The Bertz CT molecular complexity index is 618. The van der Waals surface area contributed by atoms with Gasteiger partial charge in [-0.1, -0.05) is 12.1 Å². The van der Waals surface area contributed by atoms with Crippen molar-refractivity contribution in [3.05, 3.63) is 47.3 Å². The second-order valence-corrected chi connectivity index (χ2v) is 6.32. The van der Waals surface area contributed by atoms with Crippen LogP contribution in [0.2, 0.25) is 0 Å². The molecule has 1 aromatic carbocycles. The van der Waals surface area contributed by atoms with Gasteiger partial charge in [0, 0.05) is 25.0 Å². The van der Waals surface area contributed by atoms with E-state index in [1.165, 1.54) is 29.8 Å². The number of benzene rings is 1. The van der Waals surface area contributed by atoms with Gasteiger partial charge in [0.1, 0.15) is 5.75 Å². The van der Waals surface area contributed by atoms with E-state index >= 15 is 0 Å². The first-order chi connectivity index (χ1) is 10.7. The molecular weight excluding hydrogens is 310 g/mol. The van der Waals surface area contributed by atoms with Crippen molar-refractivity contribution in [1.29, 1.82) is 0 Å². The summed E-state index contributed by atoms with van der Waals surface area (Å²) in [6.45, 7) is 6.09. The number of rotatable bonds is 7. The fourth-order valence-corrected chi connectivity index (χ4v) is 2.69. The SMILES string of the molecule is COc1ccc(CNCc2cc(C3CC3)nn2C(C)C)cc1.Cl. The maximum Gasteiger partial charge on any atom is 0.118 e. The van der Waals surface area contributed by atoms with Gasteiger partial charge in [0.25, 0.3) is 0 Å². The van der Waals surface area contributed by atoms with Crippen molar-refractivity contribution in [2.75, 3.05) is 7.11 Å². The summed E-state index contributed by atoms with van der Waals surface area (Å²) in [7, 11) is 1.69. The third kappa shape index (κ3) is 4.49. The summed E-state index contributed by atoms with van der Waals surface area (Å²) in [5.41, 5.74) is 3.82. The summed E-state index contributed by atoms with van der Waals surface area (Å²) in [4.78, 5) is 0. The van der Waals surface area contributed by atoms with Crippen molar-refractivity contribution >= 4 is 12.4 Å². The van der Waals surface area contributed by atoms with Gasteiger partial charge in [-0.25, -0.2) is 0 Å². The molecule has 1 fully saturated rings. The zero-order chi connectivity index (χ0) is 15.5. The Hall–Kier alpha value is -1.52. The molecule has 23 heavy (non-hydrogen) atoms. The minimum atomic E-state index is 0. The highest BCUT2D eigenvalue weighted by Crippen LogP contribution is 2.39. The number of hydrogen-bond acceptors (Lipinski definition) is 3. The molecule has 2 aromatic rings. The van der Waals surface area contributed by atoms with E-state index in [1.54, 1.807) is 7.11 Å². The predicted octanol–water partition coefficient (Wildman–Crippen LogP) is 4.06. The van der Waals surface area contributed by atoms with E-state index in [0.717, 1.165) is 18.8 Å². The molecule has 0 atom stereocenters. The number of nitrogens with zero attached hydrogens (tertiary/aromatic N) is 2. The number of halogens is 1. The summed E-state index contributed by atoms with van der Waals surface area (Å²) in [5.74, 6) is 1.61. The molecule has 0 bridgehead atoms. The Morgan fingerprint density at radius 3 is 2.48 bits per heavy atom. The van der Waals surface area contributed by atoms with Crippen LogP contribution in [-0.2, 0) is 13.1 Å². The lowest BCUT2D eigenvalue weighted by Gasteiger charge is -2.11. The van der Waals surface area contributed by atoms with Crippen LogP contribution in [-0.4, -0.2) is 16.9 Å². The minimum absolute atomic E-state index is 0. The van der Waals surface area contributed by atoms with E-state index in [-0.39, 0.29) is 12.4 Å². The van der Waals surface area contributed by atoms with Crippen molar-refractivity contribution in [1.82, 2.24) is 15.1 Å². The van der Waals surface area contributed by atoms with Crippen molar-refractivity contribution in [3.8, 4) is 5.75 Å². The number of hydrogen-bond donors (Lipinski definition) is 1. The molecule has 0 saturated heterocycles. The van der Waals surface area contributed by atoms with E-state index in [1.807, 2.05) is 12.1 Å². The molecular formula is C18H26ClN3O. The quantitative estimate of drug-likeness (QED) is 0.829. The molecule has 1 aliphatic carbocycles. The number of aromatic nitrogens is 2. The summed E-state index contributed by atoms with van der Waals surface area (Å²) in [6, 6.07) is 10.9. The molecule has 126 valence electrons. The highest BCUT2D eigenvalue weighted by Gasteiger charge is 2.27. The Labute approximate surface area is 144 Å². The zero-order valence-electron chi connectivity index (χ0n) is 14.1. The van der Waals surface area contributed by atoms with Crippen molar-refractivity contribution in [3.63, 3.8) is 0 Å². The van der Waals surface area contributed by atoms with Crippen LogP contribution in [0.25, 0.3) is 0 Å². The summed E-state index contributed by atoms with van der Waals surface area (Å²) in [6.07, 6.45) is 2.60. The van der Waals surface area contributed by atoms with Gasteiger partial charge in [-0.2, -0.15) is 5.10 Å². The molecule has 1 N–H and O–H groups in total. The first-order valence-corrected chi connectivity index (χ1v) is 8.09. The second-order valence-electron chi connectivity index (χ2n) is 6.32. The molecule has 1 saturated carbocycles. The van der Waals surface area contributed by atoms with Crippen molar-refractivity contribution < 1.29 is 4.74 Å². The van der Waals surface area contributed by atoms with Gasteiger partial charge in [-0.3, -0.25) is 4.68 Å². The normalized spacial score (nSPS) is 13.9. The van der Waals surface area contributed by atoms with Gasteiger partial charge >= 0.3 is 0 Å². The van der Waals surface area contributed by atoms with Crippen LogP contribution in [0.15, 0.2) is 30.3 Å². The highest BCUT2D eigenvalue weighted by molar-refractivity contribution is 5.85. The fraction of sp³-hybridized carbons (Fsp3) is 0.500. The standard InChI is InChI=1S/C18H25N3O.ClH/c1-13(2)21-16(10-18(20-21)15-6-7-15)12-19-11-14-4-8-17(22-3)9-5-14;/h4-5,8-10,13,15,19H,6-7,11-12H2,1-3H3;1H. The van der Waals surface area contributed by atoms with E-state index in [2.05, 4.69) is 42.0 Å². The lowest BCUT2D eigenvalue weighted by molar-refractivity contribution is 0.414. The maximum absolute atomic E-state index is 5.18. The van der Waals surface area contributed by atoms with E-state index in [9.17, 15) is 0 Å². The fourth-order valence-electron chi connectivity index (χ4n) is 2.69. The molecule has 1 aromatic heterocycles. The Morgan fingerprint density at radius 2 is 1.91 bits per heavy atom. The molecule has 0 aliphatic heterocycles. The average Bonchev–Trinajstić information content (AvgIpc) is 3.28. The Balaban J connectivity index is 0.00000192. The van der Waals surface area contributed by atoms with Crippen LogP contribution in [0, 0.1) is 0 Å². The largest absolute Gasteiger partial charge is 0.497 e. The average molecular weight is 336 g/mol. The summed E-state index contributed by atoms with van der Waals surface area (Å²) >= 11 is 0. The van der Waals surface area contributed by atoms with E-state index in [4.69, 9.17) is 9.84 Å². The van der Waals surface area contributed by atoms with Gasteiger partial charge in [0.05, 0.1) is 18.5 Å². The monoisotopic (exact) mass is 335 g/mol. The lowest BCUT2D eigenvalue weighted by Crippen LogP contribution is -2.17.